The van der Waals surface area contributed by atoms with Gasteiger partial charge in [-0.05, 0) is 0 Å². The third-order valence-corrected chi connectivity index (χ3v) is 2.36. The van der Waals surface area contributed by atoms with E-state index in [0.29, 0.717) is 0 Å². The highest BCUT2D eigenvalue weighted by atomic mass is 35.5. The maximum atomic E-state index is 12.8. The van der Waals surface area contributed by atoms with E-state index >= 15 is 0 Å². The van der Waals surface area contributed by atoms with Crippen molar-refractivity contribution in [3.63, 3.8) is 0 Å². The van der Waals surface area contributed by atoms with Gasteiger partial charge in [-0.2, -0.15) is 18.4 Å². The Bertz CT molecular complexity index is 534. The number of ether oxygens (including phenoxy) is 1. The van der Waals surface area contributed by atoms with Gasteiger partial charge in [-0.15, -0.1) is 24.8 Å². The Labute approximate surface area is 113 Å². The monoisotopic (exact) mass is 318 g/mol. The minimum atomic E-state index is -5.19. The van der Waals surface area contributed by atoms with Gasteiger partial charge < -0.3 is 4.74 Å². The zero-order chi connectivity index (χ0) is 15.6. The Kier molecular flexibility index (Phi) is 4.70. The Morgan fingerprint density at radius 3 is 2.25 bits per heavy atom. The lowest BCUT2D eigenvalue weighted by Gasteiger charge is -2.16. The second-order valence-electron chi connectivity index (χ2n) is 3.45. The largest absolute Gasteiger partial charge is 0.574 e. The molecule has 0 aliphatic rings. The van der Waals surface area contributed by atoms with Gasteiger partial charge in [0.05, 0.1) is 23.7 Å². The van der Waals surface area contributed by atoms with Crippen molar-refractivity contribution in [3.05, 3.63) is 22.9 Å². The van der Waals surface area contributed by atoms with Crippen LogP contribution in [0.25, 0.3) is 0 Å². The van der Waals surface area contributed by atoms with E-state index in [1.54, 1.807) is 0 Å². The van der Waals surface area contributed by atoms with Crippen molar-refractivity contribution in [2.45, 2.75) is 24.8 Å². The molecule has 1 rings (SSSR count). The number of nitrogens with zero attached hydrogens (tertiary/aromatic N) is 2. The topological polar surface area (TPSA) is 45.9 Å². The third kappa shape index (κ3) is 4.16. The molecule has 1 heterocycles. The fourth-order valence-electron chi connectivity index (χ4n) is 1.39. The molecule has 0 amide bonds. The van der Waals surface area contributed by atoms with Crippen molar-refractivity contribution < 1.29 is 31.1 Å². The molecule has 0 bridgehead atoms. The molecule has 0 aromatic carbocycles. The quantitative estimate of drug-likeness (QED) is 0.629. The van der Waals surface area contributed by atoms with Gasteiger partial charge in [-0.1, -0.05) is 0 Å². The minimum absolute atomic E-state index is 0.103. The summed E-state index contributed by atoms with van der Waals surface area (Å²) in [6.45, 7) is 0. The standard InChI is InChI=1S/C10H5ClF6N2O/c11-4-5-6(9(12,13)14)3-8(20-10(15,16)17)19-7(5)1-2-18/h3H,1,4H2. The number of halogens is 7. The summed E-state index contributed by atoms with van der Waals surface area (Å²) >= 11 is 5.35. The van der Waals surface area contributed by atoms with Gasteiger partial charge in [0.15, 0.2) is 0 Å². The van der Waals surface area contributed by atoms with E-state index in [0.717, 1.165) is 0 Å². The first-order valence-corrected chi connectivity index (χ1v) is 5.40. The second-order valence-corrected chi connectivity index (χ2v) is 3.71. The summed E-state index contributed by atoms with van der Waals surface area (Å²) in [5.41, 5.74) is -2.46. The molecule has 3 nitrogen and oxygen atoms in total. The number of hydrogen-bond donors (Lipinski definition) is 0. The Hall–Kier alpha value is -1.69. The molecular weight excluding hydrogens is 314 g/mol. The molecule has 0 unspecified atom stereocenters. The maximum absolute atomic E-state index is 12.8. The van der Waals surface area contributed by atoms with Crippen LogP contribution in [0.15, 0.2) is 6.07 Å². The first-order valence-electron chi connectivity index (χ1n) is 4.87. The summed E-state index contributed by atoms with van der Waals surface area (Å²) in [5, 5.41) is 8.48. The van der Waals surface area contributed by atoms with Crippen molar-refractivity contribution in [2.24, 2.45) is 0 Å². The fourth-order valence-corrected chi connectivity index (χ4v) is 1.69. The van der Waals surface area contributed by atoms with Gasteiger partial charge in [0.2, 0.25) is 5.88 Å². The van der Waals surface area contributed by atoms with Crippen LogP contribution < -0.4 is 4.74 Å². The molecule has 0 saturated carbocycles. The van der Waals surface area contributed by atoms with Crippen molar-refractivity contribution in [1.82, 2.24) is 4.98 Å². The lowest BCUT2D eigenvalue weighted by molar-refractivity contribution is -0.276. The van der Waals surface area contributed by atoms with Crippen LogP contribution in [0.5, 0.6) is 5.88 Å². The van der Waals surface area contributed by atoms with E-state index in [9.17, 15) is 26.3 Å². The zero-order valence-corrected chi connectivity index (χ0v) is 10.2. The third-order valence-electron chi connectivity index (χ3n) is 2.09. The van der Waals surface area contributed by atoms with Crippen molar-refractivity contribution >= 4 is 11.6 Å². The van der Waals surface area contributed by atoms with E-state index in [1.807, 2.05) is 0 Å². The summed E-state index contributed by atoms with van der Waals surface area (Å²) in [5.74, 6) is -1.94. The Morgan fingerprint density at radius 1 is 1.25 bits per heavy atom. The van der Waals surface area contributed by atoms with Crippen LogP contribution >= 0.6 is 11.6 Å². The molecule has 0 fully saturated rings. The zero-order valence-electron chi connectivity index (χ0n) is 9.44. The van der Waals surface area contributed by atoms with Crippen LogP contribution in [0.2, 0.25) is 0 Å². The smallest absolute Gasteiger partial charge is 0.388 e. The molecule has 0 N–H and O–H groups in total. The predicted molar refractivity (Wildman–Crippen MR) is 54.8 cm³/mol. The highest BCUT2D eigenvalue weighted by Crippen LogP contribution is 2.37. The minimum Gasteiger partial charge on any atom is -0.388 e. The normalized spacial score (nSPS) is 12.1. The second kappa shape index (κ2) is 5.75. The molecule has 110 valence electrons. The van der Waals surface area contributed by atoms with Crippen LogP contribution in [0.4, 0.5) is 26.3 Å². The highest BCUT2D eigenvalue weighted by molar-refractivity contribution is 6.17. The fraction of sp³-hybridized carbons (Fsp3) is 0.400. The van der Waals surface area contributed by atoms with Gasteiger partial charge in [-0.3, -0.25) is 0 Å². The average Bonchev–Trinajstić information content (AvgIpc) is 2.25. The molecule has 10 heteroatoms. The summed E-state index contributed by atoms with van der Waals surface area (Å²) in [6, 6.07) is 1.61. The maximum Gasteiger partial charge on any atom is 0.574 e. The van der Waals surface area contributed by atoms with Crippen LogP contribution in [0.1, 0.15) is 16.8 Å². The van der Waals surface area contributed by atoms with E-state index in [1.165, 1.54) is 6.07 Å². The van der Waals surface area contributed by atoms with Gasteiger partial charge in [0, 0.05) is 17.5 Å². The molecule has 0 spiro atoms. The lowest BCUT2D eigenvalue weighted by Crippen LogP contribution is -2.20. The molecule has 0 atom stereocenters. The van der Waals surface area contributed by atoms with E-state index in [2.05, 4.69) is 9.72 Å². The molecule has 20 heavy (non-hydrogen) atoms. The first kappa shape index (κ1) is 16.4. The van der Waals surface area contributed by atoms with E-state index in [-0.39, 0.29) is 6.07 Å². The molecule has 1 aromatic rings. The van der Waals surface area contributed by atoms with Gasteiger partial charge in [0.25, 0.3) is 0 Å². The number of rotatable bonds is 3. The van der Waals surface area contributed by atoms with Crippen LogP contribution in [-0.4, -0.2) is 11.3 Å². The molecule has 1 aromatic heterocycles. The average molecular weight is 319 g/mol. The number of aromatic nitrogens is 1. The van der Waals surface area contributed by atoms with Crippen molar-refractivity contribution in [2.75, 3.05) is 0 Å². The lowest BCUT2D eigenvalue weighted by atomic mass is 10.1. The molecule has 0 aliphatic carbocycles. The number of hydrogen-bond acceptors (Lipinski definition) is 3. The molecule has 0 saturated heterocycles. The molecule has 0 aliphatic heterocycles. The SMILES string of the molecule is N#CCc1nc(OC(F)(F)F)cc(C(F)(F)F)c1CCl. The van der Waals surface area contributed by atoms with Crippen molar-refractivity contribution in [1.29, 1.82) is 5.26 Å². The number of alkyl halides is 7. The summed E-state index contributed by atoms with van der Waals surface area (Å²) in [7, 11) is 0. The van der Waals surface area contributed by atoms with Crippen LogP contribution in [0.3, 0.4) is 0 Å². The van der Waals surface area contributed by atoms with Gasteiger partial charge in [-0.25, -0.2) is 4.98 Å². The first-order chi connectivity index (χ1) is 9.08. The predicted octanol–water partition coefficient (Wildman–Crippen LogP) is 3.80. The summed E-state index contributed by atoms with van der Waals surface area (Å²) in [6.07, 6.45) is -10.8. The van der Waals surface area contributed by atoms with Crippen LogP contribution in [0, 0.1) is 11.3 Å². The number of pyridine rings is 1. The number of nitriles is 1. The Morgan fingerprint density at radius 2 is 1.85 bits per heavy atom. The van der Waals surface area contributed by atoms with Crippen molar-refractivity contribution in [3.8, 4) is 11.9 Å². The summed E-state index contributed by atoms with van der Waals surface area (Å²) in [4.78, 5) is 3.24. The van der Waals surface area contributed by atoms with E-state index < -0.39 is 47.5 Å². The summed E-state index contributed by atoms with van der Waals surface area (Å²) < 4.78 is 77.8. The molecule has 0 radical (unpaired) electrons. The highest BCUT2D eigenvalue weighted by Gasteiger charge is 2.38. The van der Waals surface area contributed by atoms with Gasteiger partial charge >= 0.3 is 12.5 Å². The van der Waals surface area contributed by atoms with Crippen LogP contribution in [-0.2, 0) is 18.5 Å². The molecular formula is C10H5ClF6N2O. The van der Waals surface area contributed by atoms with Gasteiger partial charge in [0.1, 0.15) is 0 Å². The Balaban J connectivity index is 3.44. The van der Waals surface area contributed by atoms with E-state index in [4.69, 9.17) is 16.9 Å².